The van der Waals surface area contributed by atoms with Crippen LogP contribution in [0.3, 0.4) is 0 Å². The van der Waals surface area contributed by atoms with Crippen LogP contribution in [0.15, 0.2) is 18.2 Å². The van der Waals surface area contributed by atoms with Crippen LogP contribution in [0.2, 0.25) is 0 Å². The van der Waals surface area contributed by atoms with Gasteiger partial charge in [0, 0.05) is 18.7 Å². The van der Waals surface area contributed by atoms with Crippen molar-refractivity contribution < 1.29 is 13.5 Å². The second kappa shape index (κ2) is 5.02. The molecule has 0 unspecified atom stereocenters. The maximum absolute atomic E-state index is 13.2. The van der Waals surface area contributed by atoms with Crippen molar-refractivity contribution in [3.63, 3.8) is 0 Å². The summed E-state index contributed by atoms with van der Waals surface area (Å²) in [6.45, 7) is 2.33. The Morgan fingerprint density at radius 1 is 1.43 bits per heavy atom. The first-order valence-electron chi connectivity index (χ1n) is 4.45. The zero-order chi connectivity index (χ0) is 10.6. The molecule has 0 spiro atoms. The van der Waals surface area contributed by atoms with Gasteiger partial charge in [0.1, 0.15) is 11.6 Å². The molecule has 0 amide bonds. The molecule has 1 rings (SSSR count). The van der Waals surface area contributed by atoms with Gasteiger partial charge in [-0.05, 0) is 25.1 Å². The Bertz CT molecular complexity index is 304. The van der Waals surface area contributed by atoms with Gasteiger partial charge in [-0.25, -0.2) is 8.78 Å². The van der Waals surface area contributed by atoms with E-state index in [0.29, 0.717) is 6.61 Å². The van der Waals surface area contributed by atoms with Crippen molar-refractivity contribution in [2.45, 2.75) is 13.0 Å². The van der Waals surface area contributed by atoms with E-state index in [-0.39, 0.29) is 12.1 Å². The highest BCUT2D eigenvalue weighted by Crippen LogP contribution is 2.20. The number of rotatable bonds is 4. The van der Waals surface area contributed by atoms with Crippen LogP contribution in [-0.4, -0.2) is 13.2 Å². The smallest absolute Gasteiger partial charge is 0.129 e. The average Bonchev–Trinajstić information content (AvgIpc) is 2.18. The molecule has 78 valence electrons. The fraction of sp³-hybridized carbons (Fsp3) is 0.400. The Morgan fingerprint density at radius 2 is 2.14 bits per heavy atom. The first kappa shape index (κ1) is 11.1. The molecule has 2 N–H and O–H groups in total. The lowest BCUT2D eigenvalue weighted by Crippen LogP contribution is -2.17. The van der Waals surface area contributed by atoms with Crippen molar-refractivity contribution in [3.05, 3.63) is 35.4 Å². The van der Waals surface area contributed by atoms with Gasteiger partial charge in [-0.15, -0.1) is 0 Å². The van der Waals surface area contributed by atoms with Gasteiger partial charge in [0.05, 0.1) is 6.10 Å². The lowest BCUT2D eigenvalue weighted by Gasteiger charge is -2.15. The highest BCUT2D eigenvalue weighted by molar-refractivity contribution is 5.21. The van der Waals surface area contributed by atoms with E-state index in [4.69, 9.17) is 10.5 Å². The SMILES string of the molecule is CCO[C@H](CN)c1cc(F)ccc1F. The van der Waals surface area contributed by atoms with Crippen LogP contribution in [0.5, 0.6) is 0 Å². The molecule has 0 saturated carbocycles. The van der Waals surface area contributed by atoms with Gasteiger partial charge < -0.3 is 10.5 Å². The molecule has 0 radical (unpaired) electrons. The molecule has 0 bridgehead atoms. The predicted molar refractivity (Wildman–Crippen MR) is 49.8 cm³/mol. The van der Waals surface area contributed by atoms with E-state index < -0.39 is 17.7 Å². The van der Waals surface area contributed by atoms with E-state index in [0.717, 1.165) is 18.2 Å². The third kappa shape index (κ3) is 2.49. The molecular weight excluding hydrogens is 188 g/mol. The Balaban J connectivity index is 2.96. The van der Waals surface area contributed by atoms with Crippen LogP contribution < -0.4 is 5.73 Å². The summed E-state index contributed by atoms with van der Waals surface area (Å²) in [5, 5.41) is 0. The Kier molecular flexibility index (Phi) is 3.98. The quantitative estimate of drug-likeness (QED) is 0.808. The van der Waals surface area contributed by atoms with E-state index in [1.54, 1.807) is 6.92 Å². The number of ether oxygens (including phenoxy) is 1. The largest absolute Gasteiger partial charge is 0.372 e. The van der Waals surface area contributed by atoms with Crippen LogP contribution in [-0.2, 0) is 4.74 Å². The molecule has 0 aliphatic rings. The summed E-state index contributed by atoms with van der Waals surface area (Å²) in [5.41, 5.74) is 5.57. The lowest BCUT2D eigenvalue weighted by atomic mass is 10.1. The molecular formula is C10H13F2NO. The summed E-state index contributed by atoms with van der Waals surface area (Å²) >= 11 is 0. The summed E-state index contributed by atoms with van der Waals surface area (Å²) in [5.74, 6) is -0.977. The van der Waals surface area contributed by atoms with Crippen molar-refractivity contribution in [2.75, 3.05) is 13.2 Å². The fourth-order valence-electron chi connectivity index (χ4n) is 1.25. The van der Waals surface area contributed by atoms with Crippen LogP contribution in [0.25, 0.3) is 0 Å². The van der Waals surface area contributed by atoms with Crippen LogP contribution in [0.1, 0.15) is 18.6 Å². The number of hydrogen-bond donors (Lipinski definition) is 1. The molecule has 4 heteroatoms. The molecule has 14 heavy (non-hydrogen) atoms. The van der Waals surface area contributed by atoms with Gasteiger partial charge in [-0.1, -0.05) is 0 Å². The van der Waals surface area contributed by atoms with Gasteiger partial charge in [0.2, 0.25) is 0 Å². The van der Waals surface area contributed by atoms with Crippen molar-refractivity contribution in [1.82, 2.24) is 0 Å². The highest BCUT2D eigenvalue weighted by Gasteiger charge is 2.14. The van der Waals surface area contributed by atoms with Crippen molar-refractivity contribution in [3.8, 4) is 0 Å². The Hall–Kier alpha value is -1.00. The zero-order valence-corrected chi connectivity index (χ0v) is 7.97. The number of hydrogen-bond acceptors (Lipinski definition) is 2. The van der Waals surface area contributed by atoms with Gasteiger partial charge >= 0.3 is 0 Å². The third-order valence-corrected chi connectivity index (χ3v) is 1.89. The monoisotopic (exact) mass is 201 g/mol. The molecule has 0 saturated heterocycles. The third-order valence-electron chi connectivity index (χ3n) is 1.89. The highest BCUT2D eigenvalue weighted by atomic mass is 19.1. The molecule has 0 aromatic heterocycles. The minimum absolute atomic E-state index is 0.133. The Labute approximate surface area is 81.7 Å². The predicted octanol–water partition coefficient (Wildman–Crippen LogP) is 2.00. The first-order chi connectivity index (χ1) is 6.69. The normalized spacial score (nSPS) is 12.9. The topological polar surface area (TPSA) is 35.2 Å². The molecule has 0 aliphatic heterocycles. The second-order valence-corrected chi connectivity index (χ2v) is 2.85. The Morgan fingerprint density at radius 3 is 2.71 bits per heavy atom. The standard InChI is InChI=1S/C10H13F2NO/c1-2-14-10(6-13)8-5-7(11)3-4-9(8)12/h3-5,10H,2,6,13H2,1H3/t10-/m1/s1. The van der Waals surface area contributed by atoms with Crippen LogP contribution in [0.4, 0.5) is 8.78 Å². The summed E-state index contributed by atoms with van der Waals surface area (Å²) in [4.78, 5) is 0. The number of halogens is 2. The second-order valence-electron chi connectivity index (χ2n) is 2.85. The van der Waals surface area contributed by atoms with Gasteiger partial charge in [0.25, 0.3) is 0 Å². The molecule has 2 nitrogen and oxygen atoms in total. The van der Waals surface area contributed by atoms with Crippen LogP contribution >= 0.6 is 0 Å². The van der Waals surface area contributed by atoms with Crippen molar-refractivity contribution >= 4 is 0 Å². The zero-order valence-electron chi connectivity index (χ0n) is 7.97. The van der Waals surface area contributed by atoms with Gasteiger partial charge in [-0.3, -0.25) is 0 Å². The molecule has 0 aliphatic carbocycles. The first-order valence-corrected chi connectivity index (χ1v) is 4.45. The van der Waals surface area contributed by atoms with Crippen molar-refractivity contribution in [1.29, 1.82) is 0 Å². The number of nitrogens with two attached hydrogens (primary N) is 1. The molecule has 1 atom stereocenters. The van der Waals surface area contributed by atoms with Crippen molar-refractivity contribution in [2.24, 2.45) is 5.73 Å². The molecule has 1 aromatic carbocycles. The molecule has 1 aromatic rings. The fourth-order valence-corrected chi connectivity index (χ4v) is 1.25. The number of benzene rings is 1. The molecule has 0 heterocycles. The average molecular weight is 201 g/mol. The van der Waals surface area contributed by atoms with Gasteiger partial charge in [0.15, 0.2) is 0 Å². The minimum atomic E-state index is -0.573. The summed E-state index contributed by atoms with van der Waals surface area (Å²) in [6, 6.07) is 3.26. The minimum Gasteiger partial charge on any atom is -0.372 e. The van der Waals surface area contributed by atoms with E-state index in [9.17, 15) is 8.78 Å². The van der Waals surface area contributed by atoms with E-state index in [1.165, 1.54) is 0 Å². The van der Waals surface area contributed by atoms with E-state index in [1.807, 2.05) is 0 Å². The van der Waals surface area contributed by atoms with E-state index in [2.05, 4.69) is 0 Å². The van der Waals surface area contributed by atoms with Gasteiger partial charge in [-0.2, -0.15) is 0 Å². The summed E-state index contributed by atoms with van der Waals surface area (Å²) < 4.78 is 31.2. The maximum Gasteiger partial charge on any atom is 0.129 e. The summed E-state index contributed by atoms with van der Waals surface area (Å²) in [6.07, 6.45) is -0.573. The maximum atomic E-state index is 13.2. The summed E-state index contributed by atoms with van der Waals surface area (Å²) in [7, 11) is 0. The van der Waals surface area contributed by atoms with Crippen LogP contribution in [0, 0.1) is 11.6 Å². The lowest BCUT2D eigenvalue weighted by molar-refractivity contribution is 0.0660. The van der Waals surface area contributed by atoms with E-state index >= 15 is 0 Å². The molecule has 0 fully saturated rings.